The highest BCUT2D eigenvalue weighted by molar-refractivity contribution is 5.66. The van der Waals surface area contributed by atoms with E-state index >= 15 is 0 Å². The fourth-order valence-electron chi connectivity index (χ4n) is 0.302. The summed E-state index contributed by atoms with van der Waals surface area (Å²) >= 11 is 0. The van der Waals surface area contributed by atoms with Crippen molar-refractivity contribution in [1.82, 2.24) is 5.32 Å². The average molecular weight is 133 g/mol. The number of amides is 1. The largest absolute Gasteiger partial charge is 0.449 e. The summed E-state index contributed by atoms with van der Waals surface area (Å²) in [7, 11) is 1.49. The van der Waals surface area contributed by atoms with Gasteiger partial charge in [0.25, 0.3) is 0 Å². The van der Waals surface area contributed by atoms with E-state index in [1.165, 1.54) is 7.05 Å². The number of alkyl carbamates (subject to hydrolysis) is 1. The fraction of sp³-hybridized carbons (Fsp3) is 0.800. The molecule has 0 radical (unpaired) electrons. The molecule has 1 amide bonds. The third-order valence-electron chi connectivity index (χ3n) is 0.740. The van der Waals surface area contributed by atoms with Crippen molar-refractivity contribution in [2.45, 2.75) is 6.42 Å². The molecule has 0 heterocycles. The van der Waals surface area contributed by atoms with Crippen molar-refractivity contribution < 1.29 is 14.6 Å². The first-order valence-electron chi connectivity index (χ1n) is 2.76. The van der Waals surface area contributed by atoms with Crippen LogP contribution in [0.25, 0.3) is 0 Å². The van der Waals surface area contributed by atoms with E-state index in [1.54, 1.807) is 0 Å². The number of carbonyl (C=O) groups excluding carboxylic acids is 1. The van der Waals surface area contributed by atoms with Gasteiger partial charge in [-0.05, 0) is 0 Å². The SMILES string of the molecule is CNC(=O)OCCCO. The normalized spacial score (nSPS) is 8.67. The molecule has 4 nitrogen and oxygen atoms in total. The highest BCUT2D eigenvalue weighted by atomic mass is 16.5. The Bertz CT molecular complexity index is 84.3. The fourth-order valence-corrected chi connectivity index (χ4v) is 0.302. The maximum absolute atomic E-state index is 10.3. The molecule has 54 valence electrons. The zero-order valence-electron chi connectivity index (χ0n) is 5.39. The van der Waals surface area contributed by atoms with Gasteiger partial charge in [-0.3, -0.25) is 0 Å². The van der Waals surface area contributed by atoms with Crippen molar-refractivity contribution in [3.63, 3.8) is 0 Å². The van der Waals surface area contributed by atoms with E-state index in [0.717, 1.165) is 0 Å². The molecule has 0 fully saturated rings. The van der Waals surface area contributed by atoms with E-state index in [-0.39, 0.29) is 13.2 Å². The van der Waals surface area contributed by atoms with E-state index in [4.69, 9.17) is 5.11 Å². The molecule has 0 aromatic carbocycles. The van der Waals surface area contributed by atoms with Crippen molar-refractivity contribution in [2.24, 2.45) is 0 Å². The number of carbonyl (C=O) groups is 1. The first kappa shape index (κ1) is 8.23. The lowest BCUT2D eigenvalue weighted by Crippen LogP contribution is -2.19. The maximum Gasteiger partial charge on any atom is 0.406 e. The van der Waals surface area contributed by atoms with Crippen LogP contribution in [0.5, 0.6) is 0 Å². The molecule has 0 aliphatic carbocycles. The van der Waals surface area contributed by atoms with Crippen LogP contribution in [0.4, 0.5) is 4.79 Å². The first-order valence-corrected chi connectivity index (χ1v) is 2.76. The Morgan fingerprint density at radius 2 is 2.44 bits per heavy atom. The molecule has 0 aromatic rings. The lowest BCUT2D eigenvalue weighted by atomic mass is 10.5. The Kier molecular flexibility index (Phi) is 4.91. The van der Waals surface area contributed by atoms with Crippen molar-refractivity contribution in [3.05, 3.63) is 0 Å². The predicted octanol–water partition coefficient (Wildman–Crippen LogP) is -0.275. The highest BCUT2D eigenvalue weighted by Crippen LogP contribution is 1.80. The summed E-state index contributed by atoms with van der Waals surface area (Å²) in [6, 6.07) is 0. The van der Waals surface area contributed by atoms with E-state index < -0.39 is 6.09 Å². The van der Waals surface area contributed by atoms with Crippen molar-refractivity contribution in [1.29, 1.82) is 0 Å². The minimum Gasteiger partial charge on any atom is -0.449 e. The van der Waals surface area contributed by atoms with Crippen LogP contribution >= 0.6 is 0 Å². The smallest absolute Gasteiger partial charge is 0.406 e. The monoisotopic (exact) mass is 133 g/mol. The summed E-state index contributed by atoms with van der Waals surface area (Å²) in [4.78, 5) is 10.3. The summed E-state index contributed by atoms with van der Waals surface area (Å²) < 4.78 is 4.52. The van der Waals surface area contributed by atoms with Crippen LogP contribution in [0.2, 0.25) is 0 Å². The van der Waals surface area contributed by atoms with E-state index in [9.17, 15) is 4.79 Å². The van der Waals surface area contributed by atoms with Gasteiger partial charge in [-0.2, -0.15) is 0 Å². The van der Waals surface area contributed by atoms with Crippen molar-refractivity contribution in [2.75, 3.05) is 20.3 Å². The minimum absolute atomic E-state index is 0.0526. The summed E-state index contributed by atoms with van der Waals surface area (Å²) in [5.74, 6) is 0. The quantitative estimate of drug-likeness (QED) is 0.521. The molecule has 9 heavy (non-hydrogen) atoms. The number of rotatable bonds is 3. The molecule has 0 aromatic heterocycles. The second-order valence-corrected chi connectivity index (χ2v) is 1.46. The number of hydrogen-bond acceptors (Lipinski definition) is 3. The molecule has 0 rings (SSSR count). The van der Waals surface area contributed by atoms with Crippen molar-refractivity contribution in [3.8, 4) is 0 Å². The minimum atomic E-state index is -0.455. The van der Waals surface area contributed by atoms with Gasteiger partial charge in [-0.15, -0.1) is 0 Å². The molecule has 0 bridgehead atoms. The highest BCUT2D eigenvalue weighted by Gasteiger charge is 1.93. The maximum atomic E-state index is 10.3. The van der Waals surface area contributed by atoms with Gasteiger partial charge in [-0.25, -0.2) is 4.79 Å². The molecule has 0 saturated heterocycles. The number of aliphatic hydroxyl groups is 1. The number of ether oxygens (including phenoxy) is 1. The molecule has 0 saturated carbocycles. The van der Waals surface area contributed by atoms with Gasteiger partial charge in [0.1, 0.15) is 0 Å². The van der Waals surface area contributed by atoms with Gasteiger partial charge in [0, 0.05) is 20.1 Å². The van der Waals surface area contributed by atoms with Crippen LogP contribution in [-0.4, -0.2) is 31.5 Å². The van der Waals surface area contributed by atoms with Crippen LogP contribution in [0, 0.1) is 0 Å². The summed E-state index contributed by atoms with van der Waals surface area (Å²) in [6.45, 7) is 0.327. The summed E-state index contributed by atoms with van der Waals surface area (Å²) in [5, 5.41) is 10.5. The van der Waals surface area contributed by atoms with Gasteiger partial charge in [0.15, 0.2) is 0 Å². The van der Waals surface area contributed by atoms with Crippen LogP contribution in [-0.2, 0) is 4.74 Å². The second-order valence-electron chi connectivity index (χ2n) is 1.46. The summed E-state index contributed by atoms with van der Waals surface area (Å²) in [5.41, 5.74) is 0. The summed E-state index contributed by atoms with van der Waals surface area (Å²) in [6.07, 6.45) is 0.0383. The van der Waals surface area contributed by atoms with Gasteiger partial charge in [0.05, 0.1) is 6.61 Å². The molecule has 2 N–H and O–H groups in total. The Hall–Kier alpha value is -0.770. The van der Waals surface area contributed by atoms with Gasteiger partial charge in [0.2, 0.25) is 0 Å². The zero-order valence-corrected chi connectivity index (χ0v) is 5.39. The third kappa shape index (κ3) is 5.10. The topological polar surface area (TPSA) is 58.6 Å². The van der Waals surface area contributed by atoms with Crippen LogP contribution < -0.4 is 5.32 Å². The van der Waals surface area contributed by atoms with E-state index in [0.29, 0.717) is 6.42 Å². The number of hydrogen-bond donors (Lipinski definition) is 2. The molecule has 0 aliphatic heterocycles. The van der Waals surface area contributed by atoms with Gasteiger partial charge >= 0.3 is 6.09 Å². The third-order valence-corrected chi connectivity index (χ3v) is 0.740. The Morgan fingerprint density at radius 3 is 2.89 bits per heavy atom. The average Bonchev–Trinajstić information content (AvgIpc) is 1.89. The van der Waals surface area contributed by atoms with E-state index in [2.05, 4.69) is 10.1 Å². The van der Waals surface area contributed by atoms with Gasteiger partial charge < -0.3 is 15.2 Å². The molecule has 0 unspecified atom stereocenters. The number of nitrogens with one attached hydrogen (secondary N) is 1. The molecule has 0 aliphatic rings. The Labute approximate surface area is 53.8 Å². The molecule has 4 heteroatoms. The standard InChI is InChI=1S/C5H11NO3/c1-6-5(8)9-4-2-3-7/h7H,2-4H2,1H3,(H,6,8). The number of aliphatic hydroxyl groups excluding tert-OH is 1. The molecular weight excluding hydrogens is 122 g/mol. The van der Waals surface area contributed by atoms with Gasteiger partial charge in [-0.1, -0.05) is 0 Å². The van der Waals surface area contributed by atoms with Crippen LogP contribution in [0.3, 0.4) is 0 Å². The molecule has 0 spiro atoms. The Balaban J connectivity index is 2.97. The first-order chi connectivity index (χ1) is 4.31. The zero-order chi connectivity index (χ0) is 7.11. The van der Waals surface area contributed by atoms with Crippen LogP contribution in [0.1, 0.15) is 6.42 Å². The second kappa shape index (κ2) is 5.37. The lowest BCUT2D eigenvalue weighted by molar-refractivity contribution is 0.137. The van der Waals surface area contributed by atoms with Crippen LogP contribution in [0.15, 0.2) is 0 Å². The van der Waals surface area contributed by atoms with E-state index in [1.807, 2.05) is 0 Å². The predicted molar refractivity (Wildman–Crippen MR) is 32.1 cm³/mol. The Morgan fingerprint density at radius 1 is 1.78 bits per heavy atom. The molecule has 0 atom stereocenters. The molecular formula is C5H11NO3. The van der Waals surface area contributed by atoms with Crippen molar-refractivity contribution >= 4 is 6.09 Å². The lowest BCUT2D eigenvalue weighted by Gasteiger charge is -2.00.